The summed E-state index contributed by atoms with van der Waals surface area (Å²) in [6.45, 7) is 2.55. The molecule has 9 nitrogen and oxygen atoms in total. The number of benzene rings is 2. The van der Waals surface area contributed by atoms with Gasteiger partial charge in [-0.25, -0.2) is 8.42 Å². The van der Waals surface area contributed by atoms with E-state index >= 15 is 0 Å². The van der Waals surface area contributed by atoms with Crippen LogP contribution in [0.1, 0.15) is 16.1 Å². The van der Waals surface area contributed by atoms with Crippen molar-refractivity contribution in [3.05, 3.63) is 59.9 Å². The first-order valence-corrected chi connectivity index (χ1v) is 10.2. The summed E-state index contributed by atoms with van der Waals surface area (Å²) in [6.07, 6.45) is 0. The van der Waals surface area contributed by atoms with Gasteiger partial charge in [0, 0.05) is 17.3 Å². The van der Waals surface area contributed by atoms with Gasteiger partial charge >= 0.3 is 0 Å². The van der Waals surface area contributed by atoms with Crippen molar-refractivity contribution in [1.29, 1.82) is 0 Å². The molecule has 0 bridgehead atoms. The molecule has 2 heterocycles. The van der Waals surface area contributed by atoms with E-state index in [1.54, 1.807) is 25.1 Å². The Hall–Kier alpha value is -3.53. The summed E-state index contributed by atoms with van der Waals surface area (Å²) in [5.41, 5.74) is 0.843. The molecule has 0 saturated carbocycles. The lowest BCUT2D eigenvalue weighted by atomic mass is 10.1. The van der Waals surface area contributed by atoms with E-state index in [4.69, 9.17) is 14.0 Å². The summed E-state index contributed by atoms with van der Waals surface area (Å²) < 4.78 is 42.9. The maximum Gasteiger partial charge on any atom is 0.263 e. The number of fused-ring (bicyclic) bond motifs is 1. The van der Waals surface area contributed by atoms with Crippen molar-refractivity contribution < 1.29 is 27.2 Å². The van der Waals surface area contributed by atoms with Gasteiger partial charge in [0.25, 0.3) is 15.9 Å². The smallest absolute Gasteiger partial charge is 0.263 e. The van der Waals surface area contributed by atoms with Gasteiger partial charge in [-0.3, -0.25) is 9.52 Å². The van der Waals surface area contributed by atoms with Gasteiger partial charge in [-0.1, -0.05) is 5.16 Å². The topological polar surface area (TPSA) is 120 Å². The van der Waals surface area contributed by atoms with Crippen molar-refractivity contribution in [2.24, 2.45) is 0 Å². The Morgan fingerprint density at radius 1 is 1.00 bits per heavy atom. The fourth-order valence-corrected chi connectivity index (χ4v) is 3.70. The molecule has 4 rings (SSSR count). The molecule has 1 aromatic heterocycles. The summed E-state index contributed by atoms with van der Waals surface area (Å²) in [6, 6.07) is 12.1. The molecule has 0 aliphatic carbocycles. The third kappa shape index (κ3) is 4.16. The molecule has 10 heteroatoms. The second-order valence-electron chi connectivity index (χ2n) is 6.27. The van der Waals surface area contributed by atoms with E-state index in [1.165, 1.54) is 30.3 Å². The third-order valence-corrected chi connectivity index (χ3v) is 5.46. The van der Waals surface area contributed by atoms with Gasteiger partial charge in [-0.15, -0.1) is 0 Å². The largest absolute Gasteiger partial charge is 0.486 e. The minimum atomic E-state index is -3.82. The molecule has 0 unspecified atom stereocenters. The molecule has 2 N–H and O–H groups in total. The van der Waals surface area contributed by atoms with E-state index in [9.17, 15) is 13.2 Å². The van der Waals surface area contributed by atoms with Gasteiger partial charge in [-0.05, 0) is 49.4 Å². The second-order valence-corrected chi connectivity index (χ2v) is 7.95. The van der Waals surface area contributed by atoms with Gasteiger partial charge in [0.05, 0.1) is 4.90 Å². The van der Waals surface area contributed by atoms with Crippen LogP contribution in [0.25, 0.3) is 0 Å². The van der Waals surface area contributed by atoms with Crippen molar-refractivity contribution in [3.63, 3.8) is 0 Å². The molecule has 1 amide bonds. The molecule has 29 heavy (non-hydrogen) atoms. The lowest BCUT2D eigenvalue weighted by Crippen LogP contribution is -2.17. The number of ether oxygens (including phenoxy) is 2. The van der Waals surface area contributed by atoms with Crippen molar-refractivity contribution in [2.75, 3.05) is 23.3 Å². The zero-order valence-electron chi connectivity index (χ0n) is 15.3. The van der Waals surface area contributed by atoms with Crippen LogP contribution < -0.4 is 19.5 Å². The van der Waals surface area contributed by atoms with E-state index in [0.717, 1.165) is 0 Å². The van der Waals surface area contributed by atoms with Crippen molar-refractivity contribution in [2.45, 2.75) is 11.8 Å². The number of rotatable bonds is 5. The number of nitrogens with zero attached hydrogens (tertiary/aromatic N) is 1. The number of anilines is 2. The lowest BCUT2D eigenvalue weighted by Gasteiger charge is -2.18. The first-order valence-electron chi connectivity index (χ1n) is 8.68. The van der Waals surface area contributed by atoms with Crippen LogP contribution in [0.5, 0.6) is 11.5 Å². The van der Waals surface area contributed by atoms with Gasteiger partial charge in [0.2, 0.25) is 0 Å². The molecule has 1 aliphatic rings. The highest BCUT2D eigenvalue weighted by Crippen LogP contribution is 2.31. The molecule has 1 aliphatic heterocycles. The van der Waals surface area contributed by atoms with Crippen molar-refractivity contribution in [1.82, 2.24) is 5.16 Å². The van der Waals surface area contributed by atoms with E-state index in [0.29, 0.717) is 41.7 Å². The van der Waals surface area contributed by atoms with Gasteiger partial charge in [-0.2, -0.15) is 0 Å². The van der Waals surface area contributed by atoms with Gasteiger partial charge < -0.3 is 19.3 Å². The predicted molar refractivity (Wildman–Crippen MR) is 104 cm³/mol. The standard InChI is InChI=1S/C19H17N3O6S/c1-12-10-18(21-28-12)22-29(24,25)15-5-3-14(4-6-15)20-19(23)13-2-7-16-17(11-13)27-9-8-26-16/h2-7,10-11H,8-9H2,1H3,(H,20,23)(H,21,22). The fraction of sp³-hybridized carbons (Fsp3) is 0.158. The number of hydrogen-bond donors (Lipinski definition) is 2. The van der Waals surface area contributed by atoms with Crippen LogP contribution >= 0.6 is 0 Å². The van der Waals surface area contributed by atoms with Crippen LogP contribution in [0.3, 0.4) is 0 Å². The summed E-state index contributed by atoms with van der Waals surface area (Å²) in [4.78, 5) is 12.5. The van der Waals surface area contributed by atoms with Gasteiger partial charge in [0.1, 0.15) is 19.0 Å². The first-order chi connectivity index (χ1) is 13.9. The molecular formula is C19H17N3O6S. The van der Waals surface area contributed by atoms with E-state index < -0.39 is 10.0 Å². The molecule has 0 fully saturated rings. The van der Waals surface area contributed by atoms with E-state index in [-0.39, 0.29) is 16.6 Å². The van der Waals surface area contributed by atoms with E-state index in [1.807, 2.05) is 0 Å². The van der Waals surface area contributed by atoms with Crippen LogP contribution in [0, 0.1) is 6.92 Å². The molecular weight excluding hydrogens is 398 g/mol. The number of carbonyl (C=O) groups is 1. The highest BCUT2D eigenvalue weighted by molar-refractivity contribution is 7.92. The predicted octanol–water partition coefficient (Wildman–Crippen LogP) is 2.81. The Kier molecular flexibility index (Phi) is 4.85. The van der Waals surface area contributed by atoms with Crippen LogP contribution in [0.4, 0.5) is 11.5 Å². The normalized spacial score (nSPS) is 13.0. The number of aromatic nitrogens is 1. The Morgan fingerprint density at radius 2 is 1.72 bits per heavy atom. The molecule has 0 saturated heterocycles. The van der Waals surface area contributed by atoms with Crippen LogP contribution in [-0.2, 0) is 10.0 Å². The maximum absolute atomic E-state index is 12.5. The maximum atomic E-state index is 12.5. The molecule has 2 aromatic carbocycles. The van der Waals surface area contributed by atoms with Gasteiger partial charge in [0.15, 0.2) is 17.3 Å². The number of nitrogens with one attached hydrogen (secondary N) is 2. The monoisotopic (exact) mass is 415 g/mol. The minimum Gasteiger partial charge on any atom is -0.486 e. The number of sulfonamides is 1. The summed E-state index contributed by atoms with van der Waals surface area (Å²) in [5, 5.41) is 6.32. The number of carbonyl (C=O) groups excluding carboxylic acids is 1. The molecule has 0 radical (unpaired) electrons. The van der Waals surface area contributed by atoms with E-state index in [2.05, 4.69) is 15.2 Å². The highest BCUT2D eigenvalue weighted by atomic mass is 32.2. The average Bonchev–Trinajstić information content (AvgIpc) is 3.12. The summed E-state index contributed by atoms with van der Waals surface area (Å²) >= 11 is 0. The highest BCUT2D eigenvalue weighted by Gasteiger charge is 2.18. The molecule has 3 aromatic rings. The zero-order valence-corrected chi connectivity index (χ0v) is 16.2. The lowest BCUT2D eigenvalue weighted by molar-refractivity contribution is 0.102. The fourth-order valence-electron chi connectivity index (χ4n) is 2.72. The molecule has 0 spiro atoms. The Labute approximate surface area is 166 Å². The minimum absolute atomic E-state index is 0.0236. The van der Waals surface area contributed by atoms with Crippen molar-refractivity contribution >= 4 is 27.4 Å². The summed E-state index contributed by atoms with van der Waals surface area (Å²) in [5.74, 6) is 1.34. The van der Waals surface area contributed by atoms with Crippen LogP contribution in [0.2, 0.25) is 0 Å². The second kappa shape index (κ2) is 7.47. The Balaban J connectivity index is 1.46. The third-order valence-electron chi connectivity index (χ3n) is 4.09. The van der Waals surface area contributed by atoms with Crippen LogP contribution in [-0.4, -0.2) is 32.7 Å². The van der Waals surface area contributed by atoms with Crippen molar-refractivity contribution in [3.8, 4) is 11.5 Å². The molecule has 0 atom stereocenters. The quantitative estimate of drug-likeness (QED) is 0.657. The first kappa shape index (κ1) is 18.8. The SMILES string of the molecule is Cc1cc(NS(=O)(=O)c2ccc(NC(=O)c3ccc4c(c3)OCCO4)cc2)no1. The number of amides is 1. The molecule has 150 valence electrons. The Morgan fingerprint density at radius 3 is 2.41 bits per heavy atom. The summed E-state index contributed by atoms with van der Waals surface area (Å²) in [7, 11) is -3.82. The average molecular weight is 415 g/mol. The van der Waals surface area contributed by atoms with Crippen LogP contribution in [0.15, 0.2) is 57.9 Å². The number of aryl methyl sites for hydroxylation is 1. The number of hydrogen-bond acceptors (Lipinski definition) is 7. The zero-order chi connectivity index (χ0) is 20.4. The Bertz CT molecular complexity index is 1150.